The Hall–Kier alpha value is -1.59. The molecule has 0 spiro atoms. The Morgan fingerprint density at radius 1 is 1.36 bits per heavy atom. The summed E-state index contributed by atoms with van der Waals surface area (Å²) in [5.74, 6) is 0.0161. The number of hydrogen-bond acceptors (Lipinski definition) is 4. The van der Waals surface area contributed by atoms with E-state index in [9.17, 15) is 14.4 Å². The summed E-state index contributed by atoms with van der Waals surface area (Å²) in [5.41, 5.74) is -1.03. The Bertz CT molecular complexity index is 452. The maximum absolute atomic E-state index is 12.7. The van der Waals surface area contributed by atoms with Crippen LogP contribution >= 0.6 is 0 Å². The zero-order chi connectivity index (χ0) is 16.4. The quantitative estimate of drug-likeness (QED) is 0.802. The molecule has 1 aliphatic heterocycles. The fraction of sp³-hybridized carbons (Fsp3) is 0.812. The Morgan fingerprint density at radius 3 is 2.59 bits per heavy atom. The Morgan fingerprint density at radius 2 is 2.05 bits per heavy atom. The molecule has 6 nitrogen and oxygen atoms in total. The third-order valence-corrected chi connectivity index (χ3v) is 4.21. The van der Waals surface area contributed by atoms with Gasteiger partial charge in [0, 0.05) is 25.6 Å². The van der Waals surface area contributed by atoms with E-state index in [0.717, 1.165) is 32.0 Å². The van der Waals surface area contributed by atoms with Crippen molar-refractivity contribution in [2.45, 2.75) is 52.1 Å². The normalized spacial score (nSPS) is 23.6. The summed E-state index contributed by atoms with van der Waals surface area (Å²) in [5, 5.41) is 2.71. The van der Waals surface area contributed by atoms with Gasteiger partial charge in [0.2, 0.25) is 5.91 Å². The number of nitrogens with one attached hydrogen (secondary N) is 1. The number of carbonyl (C=O) groups excluding carboxylic acids is 3. The van der Waals surface area contributed by atoms with Crippen molar-refractivity contribution in [3.05, 3.63) is 0 Å². The highest BCUT2D eigenvalue weighted by atomic mass is 16.6. The molecule has 1 unspecified atom stereocenters. The van der Waals surface area contributed by atoms with Crippen molar-refractivity contribution in [1.29, 1.82) is 0 Å². The van der Waals surface area contributed by atoms with E-state index in [1.165, 1.54) is 0 Å². The van der Waals surface area contributed by atoms with Crippen LogP contribution in [0.15, 0.2) is 0 Å². The average molecular weight is 310 g/mol. The molecule has 1 aliphatic carbocycles. The largest absolute Gasteiger partial charge is 0.444 e. The van der Waals surface area contributed by atoms with Crippen LogP contribution in [0.5, 0.6) is 0 Å². The fourth-order valence-electron chi connectivity index (χ4n) is 2.81. The summed E-state index contributed by atoms with van der Waals surface area (Å²) in [6.45, 7) is 6.94. The number of likely N-dealkylation sites (tertiary alicyclic amines) is 1. The summed E-state index contributed by atoms with van der Waals surface area (Å²) in [7, 11) is 0. The van der Waals surface area contributed by atoms with Gasteiger partial charge in [-0.3, -0.25) is 4.79 Å². The van der Waals surface area contributed by atoms with Crippen molar-refractivity contribution in [3.63, 3.8) is 0 Å². The minimum Gasteiger partial charge on any atom is -0.444 e. The molecule has 1 atom stereocenters. The number of hydrogen-bond donors (Lipinski definition) is 1. The first-order chi connectivity index (χ1) is 10.3. The van der Waals surface area contributed by atoms with Gasteiger partial charge in [-0.15, -0.1) is 0 Å². The van der Waals surface area contributed by atoms with Crippen molar-refractivity contribution in [1.82, 2.24) is 10.2 Å². The van der Waals surface area contributed by atoms with Gasteiger partial charge in [-0.2, -0.15) is 0 Å². The number of alkyl carbamates (subject to hydrolysis) is 1. The van der Waals surface area contributed by atoms with Gasteiger partial charge < -0.3 is 19.7 Å². The van der Waals surface area contributed by atoms with Crippen LogP contribution in [-0.2, 0) is 14.3 Å². The van der Waals surface area contributed by atoms with Crippen molar-refractivity contribution in [2.75, 3.05) is 19.6 Å². The van der Waals surface area contributed by atoms with Gasteiger partial charge in [0.25, 0.3) is 0 Å². The maximum Gasteiger partial charge on any atom is 0.407 e. The second-order valence-electron chi connectivity index (χ2n) is 7.43. The van der Waals surface area contributed by atoms with E-state index in [1.807, 2.05) is 0 Å². The van der Waals surface area contributed by atoms with E-state index in [0.29, 0.717) is 19.6 Å². The number of rotatable bonds is 4. The molecule has 1 N–H and O–H groups in total. The second kappa shape index (κ2) is 6.26. The Balaban J connectivity index is 1.86. The summed E-state index contributed by atoms with van der Waals surface area (Å²) in [6.07, 6.45) is 3.74. The zero-order valence-corrected chi connectivity index (χ0v) is 13.7. The zero-order valence-electron chi connectivity index (χ0n) is 13.7. The smallest absolute Gasteiger partial charge is 0.407 e. The Kier molecular flexibility index (Phi) is 4.78. The molecule has 0 aromatic heterocycles. The Labute approximate surface area is 131 Å². The molecule has 1 heterocycles. The predicted octanol–water partition coefficient (Wildman–Crippen LogP) is 1.73. The standard InChI is InChI=1S/C16H26N2O4/c1-15(2,3)22-14(21)17-11-16(6-7-16)13(20)18-8-4-5-12(9-18)10-19/h10,12H,4-9,11H2,1-3H3,(H,17,21). The number of ether oxygens (including phenoxy) is 1. The highest BCUT2D eigenvalue weighted by molar-refractivity contribution is 5.86. The highest BCUT2D eigenvalue weighted by Gasteiger charge is 2.52. The number of aldehydes is 1. The molecule has 0 bridgehead atoms. The highest BCUT2D eigenvalue weighted by Crippen LogP contribution is 2.47. The van der Waals surface area contributed by atoms with Crippen molar-refractivity contribution < 1.29 is 19.1 Å². The molecule has 2 fully saturated rings. The van der Waals surface area contributed by atoms with Gasteiger partial charge >= 0.3 is 6.09 Å². The lowest BCUT2D eigenvalue weighted by atomic mass is 9.97. The number of piperidine rings is 1. The molecule has 22 heavy (non-hydrogen) atoms. The van der Waals surface area contributed by atoms with Crippen LogP contribution in [0.25, 0.3) is 0 Å². The summed E-state index contributed by atoms with van der Waals surface area (Å²) in [6, 6.07) is 0. The topological polar surface area (TPSA) is 75.7 Å². The fourth-order valence-corrected chi connectivity index (χ4v) is 2.81. The molecule has 0 radical (unpaired) electrons. The lowest BCUT2D eigenvalue weighted by molar-refractivity contribution is -0.139. The van der Waals surface area contributed by atoms with Gasteiger partial charge in [0.05, 0.1) is 5.41 Å². The van der Waals surface area contributed by atoms with Crippen molar-refractivity contribution in [2.24, 2.45) is 11.3 Å². The average Bonchev–Trinajstić information content (AvgIpc) is 3.24. The summed E-state index contributed by atoms with van der Waals surface area (Å²) < 4.78 is 5.20. The second-order valence-corrected chi connectivity index (χ2v) is 7.43. The summed E-state index contributed by atoms with van der Waals surface area (Å²) >= 11 is 0. The van der Waals surface area contributed by atoms with E-state index in [2.05, 4.69) is 5.32 Å². The van der Waals surface area contributed by atoms with E-state index >= 15 is 0 Å². The van der Waals surface area contributed by atoms with E-state index in [4.69, 9.17) is 4.74 Å². The van der Waals surface area contributed by atoms with Gasteiger partial charge in [-0.05, 0) is 46.5 Å². The molecular weight excluding hydrogens is 284 g/mol. The van der Waals surface area contributed by atoms with Crippen molar-refractivity contribution >= 4 is 18.3 Å². The minimum absolute atomic E-state index is 0.0488. The van der Waals surface area contributed by atoms with E-state index in [1.54, 1.807) is 25.7 Å². The van der Waals surface area contributed by atoms with Crippen molar-refractivity contribution in [3.8, 4) is 0 Å². The maximum atomic E-state index is 12.7. The monoisotopic (exact) mass is 310 g/mol. The van der Waals surface area contributed by atoms with Gasteiger partial charge in [-0.1, -0.05) is 0 Å². The molecule has 1 saturated heterocycles. The first-order valence-electron chi connectivity index (χ1n) is 7.97. The van der Waals surface area contributed by atoms with E-state index in [-0.39, 0.29) is 11.8 Å². The van der Waals surface area contributed by atoms with Gasteiger partial charge in [-0.25, -0.2) is 4.79 Å². The number of amides is 2. The first-order valence-corrected chi connectivity index (χ1v) is 7.97. The van der Waals surface area contributed by atoms with Crippen LogP contribution in [0, 0.1) is 11.3 Å². The molecular formula is C16H26N2O4. The van der Waals surface area contributed by atoms with Crippen LogP contribution in [0.4, 0.5) is 4.79 Å². The van der Waals surface area contributed by atoms with Crippen LogP contribution in [0.2, 0.25) is 0 Å². The molecule has 1 saturated carbocycles. The SMILES string of the molecule is CC(C)(C)OC(=O)NCC1(C(=O)N2CCCC(C=O)C2)CC1. The minimum atomic E-state index is -0.547. The van der Waals surface area contributed by atoms with E-state index < -0.39 is 17.1 Å². The lowest BCUT2D eigenvalue weighted by Crippen LogP contribution is -2.47. The van der Waals surface area contributed by atoms with Gasteiger partial charge in [0.1, 0.15) is 11.9 Å². The van der Waals surface area contributed by atoms with Crippen LogP contribution in [0.1, 0.15) is 46.5 Å². The van der Waals surface area contributed by atoms with Gasteiger partial charge in [0.15, 0.2) is 0 Å². The molecule has 2 rings (SSSR count). The third-order valence-electron chi connectivity index (χ3n) is 4.21. The number of carbonyl (C=O) groups is 3. The third kappa shape index (κ3) is 4.21. The molecule has 6 heteroatoms. The molecule has 0 aromatic carbocycles. The predicted molar refractivity (Wildman–Crippen MR) is 81.3 cm³/mol. The molecule has 124 valence electrons. The first kappa shape index (κ1) is 16.8. The van der Waals surface area contributed by atoms with Crippen LogP contribution in [0.3, 0.4) is 0 Å². The molecule has 2 aliphatic rings. The number of nitrogens with zero attached hydrogens (tertiary/aromatic N) is 1. The lowest BCUT2D eigenvalue weighted by Gasteiger charge is -2.33. The summed E-state index contributed by atoms with van der Waals surface area (Å²) in [4.78, 5) is 37.1. The van der Waals surface area contributed by atoms with Crippen LogP contribution < -0.4 is 5.32 Å². The van der Waals surface area contributed by atoms with Crippen LogP contribution in [-0.4, -0.2) is 48.4 Å². The molecule has 2 amide bonds. The molecule has 0 aromatic rings.